The van der Waals surface area contributed by atoms with E-state index in [4.69, 9.17) is 4.74 Å². The molecule has 2 N–H and O–H groups in total. The SMILES string of the molecule is CSCCC(NC(=O)COc1ccccc1)C(=O)Nc1cc(F)cc(F)c1. The Morgan fingerprint density at radius 2 is 1.78 bits per heavy atom. The molecule has 2 rings (SSSR count). The molecular formula is C19H20F2N2O3S. The minimum absolute atomic E-state index is 0.0126. The number of carbonyl (C=O) groups excluding carboxylic acids is 2. The second-order valence-corrected chi connectivity index (χ2v) is 6.64. The van der Waals surface area contributed by atoms with Crippen LogP contribution in [0.2, 0.25) is 0 Å². The molecule has 0 saturated heterocycles. The molecule has 0 bridgehead atoms. The topological polar surface area (TPSA) is 67.4 Å². The Balaban J connectivity index is 1.96. The van der Waals surface area contributed by atoms with Crippen molar-refractivity contribution in [2.75, 3.05) is 23.9 Å². The molecule has 0 aromatic heterocycles. The monoisotopic (exact) mass is 394 g/mol. The Hall–Kier alpha value is -2.61. The van der Waals surface area contributed by atoms with Crippen molar-refractivity contribution in [2.24, 2.45) is 0 Å². The first-order valence-electron chi connectivity index (χ1n) is 8.21. The van der Waals surface area contributed by atoms with Gasteiger partial charge in [0.2, 0.25) is 5.91 Å². The van der Waals surface area contributed by atoms with E-state index in [1.54, 1.807) is 24.3 Å². The molecule has 8 heteroatoms. The summed E-state index contributed by atoms with van der Waals surface area (Å²) in [5.41, 5.74) is -0.0126. The van der Waals surface area contributed by atoms with E-state index in [0.29, 0.717) is 24.0 Å². The molecule has 2 amide bonds. The van der Waals surface area contributed by atoms with Gasteiger partial charge in [0, 0.05) is 11.8 Å². The lowest BCUT2D eigenvalue weighted by Gasteiger charge is -2.18. The molecule has 27 heavy (non-hydrogen) atoms. The summed E-state index contributed by atoms with van der Waals surface area (Å²) in [6, 6.07) is 10.7. The number of anilines is 1. The summed E-state index contributed by atoms with van der Waals surface area (Å²) in [4.78, 5) is 24.5. The number of hydrogen-bond acceptors (Lipinski definition) is 4. The predicted octanol–water partition coefficient (Wildman–Crippen LogP) is 3.22. The van der Waals surface area contributed by atoms with E-state index in [-0.39, 0.29) is 12.3 Å². The van der Waals surface area contributed by atoms with Crippen molar-refractivity contribution in [3.63, 3.8) is 0 Å². The predicted molar refractivity (Wildman–Crippen MR) is 102 cm³/mol. The number of hydrogen-bond donors (Lipinski definition) is 2. The molecule has 2 aromatic rings. The Labute approximate surface area is 160 Å². The van der Waals surface area contributed by atoms with Gasteiger partial charge in [-0.3, -0.25) is 9.59 Å². The molecule has 0 aliphatic heterocycles. The lowest BCUT2D eigenvalue weighted by atomic mass is 10.2. The Bertz CT molecular complexity index is 755. The zero-order valence-corrected chi connectivity index (χ0v) is 15.5. The number of rotatable bonds is 9. The smallest absolute Gasteiger partial charge is 0.258 e. The quantitative estimate of drug-likeness (QED) is 0.685. The second-order valence-electron chi connectivity index (χ2n) is 5.65. The lowest BCUT2D eigenvalue weighted by molar-refractivity contribution is -0.127. The number of carbonyl (C=O) groups is 2. The molecule has 0 aliphatic carbocycles. The van der Waals surface area contributed by atoms with Crippen molar-refractivity contribution in [2.45, 2.75) is 12.5 Å². The Kier molecular flexibility index (Phi) is 8.06. The molecular weight excluding hydrogens is 374 g/mol. The normalized spacial score (nSPS) is 11.5. The number of ether oxygens (including phenoxy) is 1. The standard InChI is InChI=1S/C19H20F2N2O3S/c1-27-8-7-17(19(25)22-15-10-13(20)9-14(21)11-15)23-18(24)12-26-16-5-3-2-4-6-16/h2-6,9-11,17H,7-8,12H2,1H3,(H,22,25)(H,23,24). The molecule has 1 atom stereocenters. The van der Waals surface area contributed by atoms with E-state index < -0.39 is 29.5 Å². The Morgan fingerprint density at radius 3 is 2.41 bits per heavy atom. The number of halogens is 2. The van der Waals surface area contributed by atoms with Crippen molar-refractivity contribution in [1.82, 2.24) is 5.32 Å². The molecule has 0 radical (unpaired) electrons. The second kappa shape index (κ2) is 10.5. The van der Waals surface area contributed by atoms with Gasteiger partial charge in [0.15, 0.2) is 6.61 Å². The van der Waals surface area contributed by atoms with Gasteiger partial charge in [-0.05, 0) is 42.7 Å². The summed E-state index contributed by atoms with van der Waals surface area (Å²) in [5, 5.41) is 5.02. The first-order chi connectivity index (χ1) is 13.0. The van der Waals surface area contributed by atoms with Crippen LogP contribution in [-0.2, 0) is 9.59 Å². The Morgan fingerprint density at radius 1 is 1.11 bits per heavy atom. The fourth-order valence-electron chi connectivity index (χ4n) is 2.26. The first kappa shape index (κ1) is 20.7. The molecule has 0 spiro atoms. The van der Waals surface area contributed by atoms with Crippen molar-refractivity contribution in [3.8, 4) is 5.75 Å². The maximum atomic E-state index is 13.3. The third kappa shape index (κ3) is 7.26. The number of amides is 2. The van der Waals surface area contributed by atoms with E-state index in [0.717, 1.165) is 12.1 Å². The lowest BCUT2D eigenvalue weighted by Crippen LogP contribution is -2.45. The molecule has 5 nitrogen and oxygen atoms in total. The summed E-state index contributed by atoms with van der Waals surface area (Å²) in [6.07, 6.45) is 2.24. The van der Waals surface area contributed by atoms with Crippen LogP contribution in [0.1, 0.15) is 6.42 Å². The van der Waals surface area contributed by atoms with E-state index in [2.05, 4.69) is 10.6 Å². The number of para-hydroxylation sites is 1. The highest BCUT2D eigenvalue weighted by atomic mass is 32.2. The van der Waals surface area contributed by atoms with Crippen molar-refractivity contribution < 1.29 is 23.1 Å². The van der Waals surface area contributed by atoms with Crippen molar-refractivity contribution in [3.05, 3.63) is 60.2 Å². The van der Waals surface area contributed by atoms with Gasteiger partial charge in [0.05, 0.1) is 0 Å². The van der Waals surface area contributed by atoms with E-state index in [1.807, 2.05) is 12.3 Å². The van der Waals surface area contributed by atoms with Gasteiger partial charge >= 0.3 is 0 Å². The minimum atomic E-state index is -0.851. The van der Waals surface area contributed by atoms with Crippen LogP contribution in [0, 0.1) is 11.6 Å². The number of thioether (sulfide) groups is 1. The molecule has 0 saturated carbocycles. The highest BCUT2D eigenvalue weighted by Gasteiger charge is 2.21. The van der Waals surface area contributed by atoms with Crippen LogP contribution >= 0.6 is 11.8 Å². The summed E-state index contributed by atoms with van der Waals surface area (Å²) < 4.78 is 31.9. The van der Waals surface area contributed by atoms with Crippen LogP contribution in [0.15, 0.2) is 48.5 Å². The minimum Gasteiger partial charge on any atom is -0.484 e. The molecule has 144 valence electrons. The number of nitrogens with one attached hydrogen (secondary N) is 2. The van der Waals surface area contributed by atoms with E-state index >= 15 is 0 Å². The van der Waals surface area contributed by atoms with Crippen LogP contribution in [-0.4, -0.2) is 36.5 Å². The van der Waals surface area contributed by atoms with E-state index in [9.17, 15) is 18.4 Å². The number of benzene rings is 2. The largest absolute Gasteiger partial charge is 0.484 e. The first-order valence-corrected chi connectivity index (χ1v) is 9.60. The third-order valence-electron chi connectivity index (χ3n) is 3.51. The van der Waals surface area contributed by atoms with E-state index in [1.165, 1.54) is 11.8 Å². The average molecular weight is 394 g/mol. The summed E-state index contributed by atoms with van der Waals surface area (Å²) in [5.74, 6) is -1.46. The average Bonchev–Trinajstić information content (AvgIpc) is 2.63. The zero-order chi connectivity index (χ0) is 19.6. The van der Waals surface area contributed by atoms with Gasteiger partial charge < -0.3 is 15.4 Å². The van der Waals surface area contributed by atoms with Gasteiger partial charge in [-0.25, -0.2) is 8.78 Å². The van der Waals surface area contributed by atoms with Crippen LogP contribution in [0.25, 0.3) is 0 Å². The molecule has 0 fully saturated rings. The highest BCUT2D eigenvalue weighted by Crippen LogP contribution is 2.14. The van der Waals surface area contributed by atoms with Gasteiger partial charge in [-0.2, -0.15) is 11.8 Å². The highest BCUT2D eigenvalue weighted by molar-refractivity contribution is 7.98. The van der Waals surface area contributed by atoms with Crippen molar-refractivity contribution >= 4 is 29.3 Å². The van der Waals surface area contributed by atoms with Crippen molar-refractivity contribution in [1.29, 1.82) is 0 Å². The molecule has 0 aliphatic rings. The molecule has 0 heterocycles. The fourth-order valence-corrected chi connectivity index (χ4v) is 2.73. The van der Waals surface area contributed by atoms with Crippen LogP contribution in [0.4, 0.5) is 14.5 Å². The maximum Gasteiger partial charge on any atom is 0.258 e. The van der Waals surface area contributed by atoms with Crippen LogP contribution < -0.4 is 15.4 Å². The van der Waals surface area contributed by atoms with Gasteiger partial charge in [-0.1, -0.05) is 18.2 Å². The van der Waals surface area contributed by atoms with Gasteiger partial charge in [0.25, 0.3) is 5.91 Å². The van der Waals surface area contributed by atoms with Gasteiger partial charge in [0.1, 0.15) is 23.4 Å². The summed E-state index contributed by atoms with van der Waals surface area (Å²) >= 11 is 1.51. The molecule has 1 unspecified atom stereocenters. The summed E-state index contributed by atoms with van der Waals surface area (Å²) in [6.45, 7) is -0.248. The summed E-state index contributed by atoms with van der Waals surface area (Å²) in [7, 11) is 0. The van der Waals surface area contributed by atoms with Gasteiger partial charge in [-0.15, -0.1) is 0 Å². The molecule has 2 aromatic carbocycles. The fraction of sp³-hybridized carbons (Fsp3) is 0.263. The van der Waals surface area contributed by atoms with Crippen LogP contribution in [0.5, 0.6) is 5.75 Å². The van der Waals surface area contributed by atoms with Crippen LogP contribution in [0.3, 0.4) is 0 Å². The zero-order valence-electron chi connectivity index (χ0n) is 14.7. The maximum absolute atomic E-state index is 13.3. The third-order valence-corrected chi connectivity index (χ3v) is 4.15.